The average molecular weight is 402 g/mol. The van der Waals surface area contributed by atoms with Gasteiger partial charge in [0.25, 0.3) is 0 Å². The third-order valence-corrected chi connectivity index (χ3v) is 5.17. The van der Waals surface area contributed by atoms with Crippen LogP contribution in [0.5, 0.6) is 5.75 Å². The Morgan fingerprint density at radius 1 is 1.33 bits per heavy atom. The lowest BCUT2D eigenvalue weighted by molar-refractivity contribution is -0.118. The fourth-order valence-corrected chi connectivity index (χ4v) is 3.47. The van der Waals surface area contributed by atoms with E-state index in [0.717, 1.165) is 35.4 Å². The molecular weight excluding hydrogens is 380 g/mol. The molecule has 3 heterocycles. The molecule has 1 saturated heterocycles. The minimum absolute atomic E-state index is 0.0553. The number of aromatic hydroxyl groups is 1. The molecule has 0 spiro atoms. The van der Waals surface area contributed by atoms with Crippen molar-refractivity contribution in [2.75, 3.05) is 10.6 Å². The highest BCUT2D eigenvalue weighted by atomic mass is 16.3. The van der Waals surface area contributed by atoms with E-state index in [2.05, 4.69) is 27.6 Å². The van der Waals surface area contributed by atoms with Crippen LogP contribution in [-0.2, 0) is 11.3 Å². The molecule has 8 nitrogen and oxygen atoms in total. The number of carbonyl (C=O) groups is 1. The number of amides is 1. The first-order chi connectivity index (χ1) is 14.5. The smallest absolute Gasteiger partial charge is 0.228 e. The fourth-order valence-electron chi connectivity index (χ4n) is 3.47. The van der Waals surface area contributed by atoms with Gasteiger partial charge in [-0.2, -0.15) is 9.61 Å². The summed E-state index contributed by atoms with van der Waals surface area (Å²) in [7, 11) is 0. The second-order valence-electron chi connectivity index (χ2n) is 7.68. The SMILES string of the molecule is C=C1NC(=O)C/C1=C\c1cnn2c(NC3CC3)cc(NCc3cccc(O)c3)nc12. The summed E-state index contributed by atoms with van der Waals surface area (Å²) in [5.41, 5.74) is 3.93. The number of nitrogens with one attached hydrogen (secondary N) is 3. The monoisotopic (exact) mass is 402 g/mol. The summed E-state index contributed by atoms with van der Waals surface area (Å²) < 4.78 is 1.79. The molecule has 5 rings (SSSR count). The van der Waals surface area contributed by atoms with Gasteiger partial charge in [0.1, 0.15) is 17.4 Å². The molecule has 1 aliphatic carbocycles. The summed E-state index contributed by atoms with van der Waals surface area (Å²) in [5.74, 6) is 1.75. The van der Waals surface area contributed by atoms with Gasteiger partial charge in [-0.25, -0.2) is 4.98 Å². The lowest BCUT2D eigenvalue weighted by Gasteiger charge is -2.12. The van der Waals surface area contributed by atoms with Gasteiger partial charge in [-0.3, -0.25) is 4.79 Å². The van der Waals surface area contributed by atoms with Crippen molar-refractivity contribution in [1.82, 2.24) is 19.9 Å². The second-order valence-corrected chi connectivity index (χ2v) is 7.68. The molecule has 1 saturated carbocycles. The van der Waals surface area contributed by atoms with E-state index in [9.17, 15) is 9.90 Å². The number of rotatable bonds is 6. The van der Waals surface area contributed by atoms with Crippen LogP contribution in [0.1, 0.15) is 30.4 Å². The van der Waals surface area contributed by atoms with Crippen LogP contribution < -0.4 is 16.0 Å². The van der Waals surface area contributed by atoms with Crippen molar-refractivity contribution >= 4 is 29.3 Å². The molecule has 2 aliphatic rings. The maximum atomic E-state index is 11.6. The summed E-state index contributed by atoms with van der Waals surface area (Å²) in [6.45, 7) is 4.43. The van der Waals surface area contributed by atoms with Gasteiger partial charge in [0.2, 0.25) is 5.91 Å². The number of aromatic nitrogens is 3. The van der Waals surface area contributed by atoms with E-state index in [1.807, 2.05) is 24.3 Å². The Bertz CT molecular complexity index is 1190. The number of nitrogens with zero attached hydrogens (tertiary/aromatic N) is 3. The maximum absolute atomic E-state index is 11.6. The number of phenols is 1. The molecule has 0 unspecified atom stereocenters. The van der Waals surface area contributed by atoms with Crippen LogP contribution >= 0.6 is 0 Å². The van der Waals surface area contributed by atoms with Gasteiger partial charge in [-0.15, -0.1) is 0 Å². The highest BCUT2D eigenvalue weighted by Gasteiger charge is 2.24. The third-order valence-electron chi connectivity index (χ3n) is 5.17. The lowest BCUT2D eigenvalue weighted by atomic mass is 10.1. The van der Waals surface area contributed by atoms with Gasteiger partial charge in [-0.1, -0.05) is 18.7 Å². The maximum Gasteiger partial charge on any atom is 0.228 e. The van der Waals surface area contributed by atoms with Crippen LogP contribution in [0.2, 0.25) is 0 Å². The first-order valence-electron chi connectivity index (χ1n) is 9.92. The van der Waals surface area contributed by atoms with E-state index in [0.29, 0.717) is 36.2 Å². The first-order valence-corrected chi connectivity index (χ1v) is 9.92. The highest BCUT2D eigenvalue weighted by Crippen LogP contribution is 2.29. The average Bonchev–Trinajstić information content (AvgIpc) is 3.35. The van der Waals surface area contributed by atoms with Crippen molar-refractivity contribution in [2.45, 2.75) is 31.8 Å². The van der Waals surface area contributed by atoms with Crippen molar-refractivity contribution in [1.29, 1.82) is 0 Å². The van der Waals surface area contributed by atoms with Crippen LogP contribution in [-0.4, -0.2) is 31.7 Å². The standard InChI is InChI=1S/C22H22N6O2/c1-13-15(9-21(30)25-13)8-16-12-24-28-20(26-17-5-6-17)10-19(27-22(16)28)23-11-14-3-2-4-18(29)7-14/h2-4,7-8,10,12,17,26,29H,1,5-6,9,11H2,(H,23,27)(H,25,30)/b15-8+. The van der Waals surface area contributed by atoms with E-state index in [4.69, 9.17) is 4.98 Å². The topological polar surface area (TPSA) is 104 Å². The number of anilines is 2. The number of benzene rings is 1. The van der Waals surface area contributed by atoms with Gasteiger partial charge >= 0.3 is 0 Å². The van der Waals surface area contributed by atoms with Crippen molar-refractivity contribution < 1.29 is 9.90 Å². The molecule has 3 aromatic rings. The molecule has 2 aromatic heterocycles. The molecule has 1 amide bonds. The van der Waals surface area contributed by atoms with Crippen LogP contribution in [0.15, 0.2) is 54.4 Å². The van der Waals surface area contributed by atoms with Crippen molar-refractivity contribution in [3.8, 4) is 5.75 Å². The van der Waals surface area contributed by atoms with Crippen LogP contribution in [0.25, 0.3) is 11.7 Å². The largest absolute Gasteiger partial charge is 0.508 e. The summed E-state index contributed by atoms with van der Waals surface area (Å²) in [6.07, 6.45) is 6.25. The lowest BCUT2D eigenvalue weighted by Crippen LogP contribution is -2.10. The zero-order valence-electron chi connectivity index (χ0n) is 16.4. The van der Waals surface area contributed by atoms with Crippen LogP contribution in [0, 0.1) is 0 Å². The molecule has 1 aromatic carbocycles. The minimum Gasteiger partial charge on any atom is -0.508 e. The van der Waals surface area contributed by atoms with E-state index < -0.39 is 0 Å². The molecule has 1 aliphatic heterocycles. The number of fused-ring (bicyclic) bond motifs is 1. The normalized spacial score (nSPS) is 17.5. The van der Waals surface area contributed by atoms with E-state index in [1.165, 1.54) is 0 Å². The molecule has 30 heavy (non-hydrogen) atoms. The number of allylic oxidation sites excluding steroid dienone is 1. The first kappa shape index (κ1) is 18.2. The van der Waals surface area contributed by atoms with Crippen molar-refractivity contribution in [2.24, 2.45) is 0 Å². The summed E-state index contributed by atoms with van der Waals surface area (Å²) in [5, 5.41) is 23.8. The van der Waals surface area contributed by atoms with Crippen LogP contribution in [0.4, 0.5) is 11.6 Å². The van der Waals surface area contributed by atoms with Gasteiger partial charge in [0, 0.05) is 29.9 Å². The quantitative estimate of drug-likeness (QED) is 0.505. The number of phenolic OH excluding ortho intramolecular Hbond substituents is 1. The zero-order valence-corrected chi connectivity index (χ0v) is 16.4. The number of carbonyl (C=O) groups excluding carboxylic acids is 1. The number of hydrogen-bond acceptors (Lipinski definition) is 6. The number of hydrogen-bond donors (Lipinski definition) is 4. The minimum atomic E-state index is -0.0553. The summed E-state index contributed by atoms with van der Waals surface area (Å²) in [4.78, 5) is 16.4. The predicted molar refractivity (Wildman–Crippen MR) is 115 cm³/mol. The third kappa shape index (κ3) is 3.71. The molecule has 0 bridgehead atoms. The van der Waals surface area contributed by atoms with Crippen molar-refractivity contribution in [3.05, 3.63) is 65.5 Å². The van der Waals surface area contributed by atoms with Crippen molar-refractivity contribution in [3.63, 3.8) is 0 Å². The molecule has 8 heteroatoms. The summed E-state index contributed by atoms with van der Waals surface area (Å²) in [6, 6.07) is 9.52. The van der Waals surface area contributed by atoms with E-state index in [1.54, 1.807) is 22.8 Å². The Balaban J connectivity index is 1.50. The van der Waals surface area contributed by atoms with Gasteiger partial charge < -0.3 is 21.1 Å². The molecule has 4 N–H and O–H groups in total. The fraction of sp³-hybridized carbons (Fsp3) is 0.227. The second kappa shape index (κ2) is 7.22. The Hall–Kier alpha value is -3.81. The zero-order chi connectivity index (χ0) is 20.7. The molecular formula is C22H22N6O2. The Kier molecular flexibility index (Phi) is 4.39. The summed E-state index contributed by atoms with van der Waals surface area (Å²) >= 11 is 0. The van der Waals surface area contributed by atoms with E-state index >= 15 is 0 Å². The Morgan fingerprint density at radius 2 is 2.20 bits per heavy atom. The molecule has 0 radical (unpaired) electrons. The molecule has 2 fully saturated rings. The Labute approximate surface area is 173 Å². The van der Waals surface area contributed by atoms with E-state index in [-0.39, 0.29) is 11.7 Å². The molecule has 152 valence electrons. The van der Waals surface area contributed by atoms with Gasteiger partial charge in [0.15, 0.2) is 5.65 Å². The van der Waals surface area contributed by atoms with Gasteiger partial charge in [0.05, 0.1) is 12.6 Å². The van der Waals surface area contributed by atoms with Crippen LogP contribution in [0.3, 0.4) is 0 Å². The molecule has 0 atom stereocenters. The Morgan fingerprint density at radius 3 is 2.93 bits per heavy atom. The highest BCUT2D eigenvalue weighted by molar-refractivity contribution is 5.89. The van der Waals surface area contributed by atoms with Gasteiger partial charge in [-0.05, 0) is 42.2 Å². The predicted octanol–water partition coefficient (Wildman–Crippen LogP) is 3.04.